The number of alkyl halides is 3. The maximum Gasteiger partial charge on any atom is 0.416 e. The first-order valence-corrected chi connectivity index (χ1v) is 7.46. The molecule has 0 saturated heterocycles. The van der Waals surface area contributed by atoms with Gasteiger partial charge in [0.15, 0.2) is 5.82 Å². The standard InChI is InChI=1S/C18H11F3N4/c19-18(20,21)12-7-8-15-14(11-12)24-17(13-5-1-3-9-22-13)25(15)16-6-2-4-10-23-16/h1-11H. The summed E-state index contributed by atoms with van der Waals surface area (Å²) in [7, 11) is 0. The third kappa shape index (κ3) is 2.73. The molecule has 0 aliphatic heterocycles. The summed E-state index contributed by atoms with van der Waals surface area (Å²) in [6.07, 6.45) is -1.19. The summed E-state index contributed by atoms with van der Waals surface area (Å²) in [6.45, 7) is 0. The highest BCUT2D eigenvalue weighted by molar-refractivity contribution is 5.83. The largest absolute Gasteiger partial charge is 0.416 e. The van der Waals surface area contributed by atoms with E-state index in [1.54, 1.807) is 53.4 Å². The molecule has 3 aromatic heterocycles. The van der Waals surface area contributed by atoms with Crippen LogP contribution in [-0.4, -0.2) is 19.5 Å². The number of rotatable bonds is 2. The van der Waals surface area contributed by atoms with Crippen molar-refractivity contribution in [2.24, 2.45) is 0 Å². The quantitative estimate of drug-likeness (QED) is 0.540. The van der Waals surface area contributed by atoms with Crippen LogP contribution in [0.4, 0.5) is 13.2 Å². The Morgan fingerprint density at radius 1 is 0.840 bits per heavy atom. The molecule has 0 aliphatic rings. The van der Waals surface area contributed by atoms with Gasteiger partial charge in [-0.2, -0.15) is 13.2 Å². The molecule has 0 bridgehead atoms. The Kier molecular flexibility index (Phi) is 3.49. The summed E-state index contributed by atoms with van der Waals surface area (Å²) in [4.78, 5) is 13.0. The van der Waals surface area contributed by atoms with Crippen LogP contribution in [0.15, 0.2) is 67.0 Å². The predicted octanol–water partition coefficient (Wildman–Crippen LogP) is 4.50. The second-order valence-corrected chi connectivity index (χ2v) is 5.37. The summed E-state index contributed by atoms with van der Waals surface area (Å²) in [5, 5.41) is 0. The molecule has 0 aliphatic carbocycles. The number of imidazole rings is 1. The van der Waals surface area contributed by atoms with Crippen LogP contribution in [0.2, 0.25) is 0 Å². The molecule has 25 heavy (non-hydrogen) atoms. The highest BCUT2D eigenvalue weighted by atomic mass is 19.4. The first-order chi connectivity index (χ1) is 12.0. The van der Waals surface area contributed by atoms with E-state index in [1.165, 1.54) is 6.07 Å². The molecule has 4 nitrogen and oxygen atoms in total. The fourth-order valence-electron chi connectivity index (χ4n) is 2.64. The minimum atomic E-state index is -4.42. The molecular formula is C18H11F3N4. The lowest BCUT2D eigenvalue weighted by atomic mass is 10.2. The van der Waals surface area contributed by atoms with Gasteiger partial charge in [0.25, 0.3) is 0 Å². The van der Waals surface area contributed by atoms with E-state index < -0.39 is 11.7 Å². The molecule has 0 spiro atoms. The first kappa shape index (κ1) is 15.3. The van der Waals surface area contributed by atoms with Crippen molar-refractivity contribution in [1.29, 1.82) is 0 Å². The number of benzene rings is 1. The van der Waals surface area contributed by atoms with Crippen LogP contribution in [0, 0.1) is 0 Å². The van der Waals surface area contributed by atoms with Crippen molar-refractivity contribution >= 4 is 11.0 Å². The molecule has 124 valence electrons. The van der Waals surface area contributed by atoms with Gasteiger partial charge < -0.3 is 0 Å². The Morgan fingerprint density at radius 2 is 1.60 bits per heavy atom. The van der Waals surface area contributed by atoms with Gasteiger partial charge in [-0.05, 0) is 42.5 Å². The molecule has 0 atom stereocenters. The molecule has 0 unspecified atom stereocenters. The molecule has 7 heteroatoms. The zero-order valence-electron chi connectivity index (χ0n) is 12.8. The van der Waals surface area contributed by atoms with Gasteiger partial charge >= 0.3 is 6.18 Å². The second kappa shape index (κ2) is 5.70. The number of halogens is 3. The summed E-state index contributed by atoms with van der Waals surface area (Å²) in [6, 6.07) is 14.2. The van der Waals surface area contributed by atoms with Crippen LogP contribution < -0.4 is 0 Å². The summed E-state index contributed by atoms with van der Waals surface area (Å²) >= 11 is 0. The van der Waals surface area contributed by atoms with Crippen LogP contribution in [0.1, 0.15) is 5.56 Å². The average Bonchev–Trinajstić information content (AvgIpc) is 3.01. The van der Waals surface area contributed by atoms with Crippen LogP contribution in [0.5, 0.6) is 0 Å². The highest BCUT2D eigenvalue weighted by Crippen LogP contribution is 2.33. The Labute approximate surface area is 140 Å². The van der Waals surface area contributed by atoms with E-state index in [4.69, 9.17) is 0 Å². The smallest absolute Gasteiger partial charge is 0.275 e. The Morgan fingerprint density at radius 3 is 2.24 bits per heavy atom. The maximum atomic E-state index is 13.0. The van der Waals surface area contributed by atoms with E-state index >= 15 is 0 Å². The molecule has 3 heterocycles. The van der Waals surface area contributed by atoms with Gasteiger partial charge in [-0.15, -0.1) is 0 Å². The molecule has 4 aromatic rings. The number of hydrogen-bond acceptors (Lipinski definition) is 3. The molecule has 1 aromatic carbocycles. The van der Waals surface area contributed by atoms with Gasteiger partial charge in [0.2, 0.25) is 0 Å². The Bertz CT molecular complexity index is 1020. The summed E-state index contributed by atoms with van der Waals surface area (Å²) in [5.74, 6) is 0.999. The van der Waals surface area contributed by atoms with Gasteiger partial charge in [0.05, 0.1) is 16.6 Å². The summed E-state index contributed by atoms with van der Waals surface area (Å²) < 4.78 is 40.7. The average molecular weight is 340 g/mol. The van der Waals surface area contributed by atoms with Gasteiger partial charge in [-0.1, -0.05) is 12.1 Å². The van der Waals surface area contributed by atoms with Crippen molar-refractivity contribution < 1.29 is 13.2 Å². The summed E-state index contributed by atoms with van der Waals surface area (Å²) in [5.41, 5.74) is 0.588. The third-order valence-corrected chi connectivity index (χ3v) is 3.75. The van der Waals surface area contributed by atoms with Crippen molar-refractivity contribution in [3.05, 3.63) is 72.6 Å². The van der Waals surface area contributed by atoms with Crippen molar-refractivity contribution in [3.8, 4) is 17.3 Å². The normalized spacial score (nSPS) is 11.8. The van der Waals surface area contributed by atoms with Crippen molar-refractivity contribution in [2.45, 2.75) is 6.18 Å². The van der Waals surface area contributed by atoms with E-state index in [0.29, 0.717) is 22.9 Å². The maximum absolute atomic E-state index is 13.0. The molecule has 0 N–H and O–H groups in total. The van der Waals surface area contributed by atoms with E-state index in [2.05, 4.69) is 15.0 Å². The van der Waals surface area contributed by atoms with Crippen molar-refractivity contribution in [1.82, 2.24) is 19.5 Å². The van der Waals surface area contributed by atoms with Gasteiger partial charge in [-0.25, -0.2) is 9.97 Å². The van der Waals surface area contributed by atoms with Crippen LogP contribution in [-0.2, 0) is 6.18 Å². The van der Waals surface area contributed by atoms with E-state index in [9.17, 15) is 13.2 Å². The number of nitrogens with zero attached hydrogens (tertiary/aromatic N) is 4. The predicted molar refractivity (Wildman–Crippen MR) is 87.1 cm³/mol. The fraction of sp³-hybridized carbons (Fsp3) is 0.0556. The Hall–Kier alpha value is -3.22. The minimum absolute atomic E-state index is 0.237. The fourth-order valence-corrected chi connectivity index (χ4v) is 2.64. The Balaban J connectivity index is 2.02. The van der Waals surface area contributed by atoms with Crippen molar-refractivity contribution in [3.63, 3.8) is 0 Å². The van der Waals surface area contributed by atoms with Gasteiger partial charge in [0.1, 0.15) is 11.5 Å². The van der Waals surface area contributed by atoms with E-state index in [0.717, 1.165) is 12.1 Å². The molecule has 0 fully saturated rings. The van der Waals surface area contributed by atoms with Crippen molar-refractivity contribution in [2.75, 3.05) is 0 Å². The zero-order valence-corrected chi connectivity index (χ0v) is 12.8. The number of hydrogen-bond donors (Lipinski definition) is 0. The van der Waals surface area contributed by atoms with Crippen LogP contribution in [0.25, 0.3) is 28.4 Å². The van der Waals surface area contributed by atoms with E-state index in [1.807, 2.05) is 0 Å². The highest BCUT2D eigenvalue weighted by Gasteiger charge is 2.31. The van der Waals surface area contributed by atoms with Crippen LogP contribution >= 0.6 is 0 Å². The lowest BCUT2D eigenvalue weighted by Crippen LogP contribution is -2.04. The number of fused-ring (bicyclic) bond motifs is 1. The first-order valence-electron chi connectivity index (χ1n) is 7.46. The number of pyridine rings is 2. The minimum Gasteiger partial charge on any atom is -0.275 e. The van der Waals surface area contributed by atoms with Crippen LogP contribution in [0.3, 0.4) is 0 Å². The lowest BCUT2D eigenvalue weighted by molar-refractivity contribution is -0.137. The SMILES string of the molecule is FC(F)(F)c1ccc2c(c1)nc(-c1ccccn1)n2-c1ccccn1. The molecular weight excluding hydrogens is 329 g/mol. The second-order valence-electron chi connectivity index (χ2n) is 5.37. The number of aromatic nitrogens is 4. The molecule has 0 saturated carbocycles. The lowest BCUT2D eigenvalue weighted by Gasteiger charge is -2.08. The topological polar surface area (TPSA) is 43.6 Å². The molecule has 0 amide bonds. The van der Waals surface area contributed by atoms with Gasteiger partial charge in [0, 0.05) is 12.4 Å². The third-order valence-electron chi connectivity index (χ3n) is 3.75. The zero-order chi connectivity index (χ0) is 17.4. The monoisotopic (exact) mass is 340 g/mol. The van der Waals surface area contributed by atoms with Gasteiger partial charge in [-0.3, -0.25) is 9.55 Å². The van der Waals surface area contributed by atoms with E-state index in [-0.39, 0.29) is 5.52 Å². The molecule has 4 rings (SSSR count). The molecule has 0 radical (unpaired) electrons.